The van der Waals surface area contributed by atoms with Crippen LogP contribution in [0.3, 0.4) is 0 Å². The largest absolute Gasteiger partial charge is 0.340 e. The second-order valence-electron chi connectivity index (χ2n) is 9.22. The lowest BCUT2D eigenvalue weighted by molar-refractivity contribution is -0.148. The SMILES string of the molecule is CS(=O)(=O)Nc1cccc2c1ccn2CC(=O)N1C[C@H]2C[C@@H](C1)[C@H]1CCCC(=O)N1C2. The predicted molar refractivity (Wildman–Crippen MR) is 118 cm³/mol. The molecule has 3 aliphatic heterocycles. The summed E-state index contributed by atoms with van der Waals surface area (Å²) in [6.45, 7) is 2.41. The van der Waals surface area contributed by atoms with Crippen LogP contribution in [0.4, 0.5) is 5.69 Å². The lowest BCUT2D eigenvalue weighted by Crippen LogP contribution is -2.61. The van der Waals surface area contributed by atoms with E-state index in [1.807, 2.05) is 27.8 Å². The normalized spacial score (nSPS) is 26.1. The number of sulfonamides is 1. The number of fused-ring (bicyclic) bond motifs is 5. The Labute approximate surface area is 182 Å². The number of rotatable bonds is 4. The molecule has 2 bridgehead atoms. The fourth-order valence-electron chi connectivity index (χ4n) is 5.71. The van der Waals surface area contributed by atoms with Crippen molar-refractivity contribution in [2.24, 2.45) is 11.8 Å². The van der Waals surface area contributed by atoms with Gasteiger partial charge in [0.15, 0.2) is 0 Å². The summed E-state index contributed by atoms with van der Waals surface area (Å²) in [4.78, 5) is 29.6. The Hall–Kier alpha value is -2.55. The molecule has 1 aromatic heterocycles. The van der Waals surface area contributed by atoms with Gasteiger partial charge in [-0.15, -0.1) is 0 Å². The highest BCUT2D eigenvalue weighted by Gasteiger charge is 2.44. The lowest BCUT2D eigenvalue weighted by Gasteiger charge is -2.52. The molecule has 5 rings (SSSR count). The molecule has 1 N–H and O–H groups in total. The minimum absolute atomic E-state index is 0.0734. The molecule has 1 aromatic carbocycles. The molecule has 0 radical (unpaired) electrons. The first-order valence-corrected chi connectivity index (χ1v) is 12.8. The van der Waals surface area contributed by atoms with E-state index in [4.69, 9.17) is 0 Å². The van der Waals surface area contributed by atoms with Crippen LogP contribution < -0.4 is 4.72 Å². The van der Waals surface area contributed by atoms with Crippen LogP contribution in [0.5, 0.6) is 0 Å². The third-order valence-corrected chi connectivity index (χ3v) is 7.54. The first-order valence-electron chi connectivity index (χ1n) is 10.9. The smallest absolute Gasteiger partial charge is 0.242 e. The standard InChI is InChI=1S/C22H28N4O4S/c1-31(29,30)23-18-4-2-6-20-17(18)8-9-24(20)14-22(28)25-11-15-10-16(13-25)19-5-3-7-21(27)26(19)12-15/h2,4,6,8-9,15-16,19,23H,3,5,7,10-14H2,1H3/t15-,16+,19-/m1/s1. The molecule has 166 valence electrons. The van der Waals surface area contributed by atoms with Crippen LogP contribution in [0.25, 0.3) is 10.9 Å². The number of hydrogen-bond donors (Lipinski definition) is 1. The number of nitrogens with zero attached hydrogens (tertiary/aromatic N) is 3. The van der Waals surface area contributed by atoms with Gasteiger partial charge in [-0.2, -0.15) is 0 Å². The topological polar surface area (TPSA) is 91.7 Å². The Morgan fingerprint density at radius 3 is 2.84 bits per heavy atom. The number of aromatic nitrogens is 1. The molecule has 2 amide bonds. The highest BCUT2D eigenvalue weighted by atomic mass is 32.2. The number of likely N-dealkylation sites (tertiary alicyclic amines) is 1. The minimum atomic E-state index is -3.38. The molecular weight excluding hydrogens is 416 g/mol. The number of amides is 2. The third kappa shape index (κ3) is 3.91. The zero-order valence-electron chi connectivity index (χ0n) is 17.7. The monoisotopic (exact) mass is 444 g/mol. The number of carbonyl (C=O) groups is 2. The van der Waals surface area contributed by atoms with Crippen molar-refractivity contribution in [3.63, 3.8) is 0 Å². The summed E-state index contributed by atoms with van der Waals surface area (Å²) >= 11 is 0. The molecule has 0 aliphatic carbocycles. The Kier molecular flexibility index (Phi) is 4.96. The van der Waals surface area contributed by atoms with Gasteiger partial charge in [0.25, 0.3) is 0 Å². The van der Waals surface area contributed by atoms with E-state index in [1.54, 1.807) is 12.1 Å². The van der Waals surface area contributed by atoms with Gasteiger partial charge in [-0.1, -0.05) is 6.07 Å². The number of benzene rings is 1. The maximum Gasteiger partial charge on any atom is 0.242 e. The predicted octanol–water partition coefficient (Wildman–Crippen LogP) is 1.87. The molecule has 3 saturated heterocycles. The quantitative estimate of drug-likeness (QED) is 0.779. The Morgan fingerprint density at radius 2 is 2.03 bits per heavy atom. The fraction of sp³-hybridized carbons (Fsp3) is 0.545. The molecule has 4 heterocycles. The van der Waals surface area contributed by atoms with Gasteiger partial charge >= 0.3 is 0 Å². The van der Waals surface area contributed by atoms with Gasteiger partial charge in [0, 0.05) is 43.7 Å². The van der Waals surface area contributed by atoms with Gasteiger partial charge in [-0.05, 0) is 49.3 Å². The number of nitrogens with one attached hydrogen (secondary N) is 1. The average molecular weight is 445 g/mol. The van der Waals surface area contributed by atoms with Gasteiger partial charge in [0.2, 0.25) is 21.8 Å². The maximum absolute atomic E-state index is 13.2. The number of hydrogen-bond acceptors (Lipinski definition) is 4. The zero-order valence-corrected chi connectivity index (χ0v) is 18.5. The van der Waals surface area contributed by atoms with Crippen molar-refractivity contribution >= 4 is 38.4 Å². The number of carbonyl (C=O) groups excluding carboxylic acids is 2. The summed E-state index contributed by atoms with van der Waals surface area (Å²) in [7, 11) is -3.38. The number of anilines is 1. The Morgan fingerprint density at radius 1 is 1.19 bits per heavy atom. The van der Waals surface area contributed by atoms with Crippen molar-refractivity contribution in [2.75, 3.05) is 30.6 Å². The van der Waals surface area contributed by atoms with Crippen LogP contribution in [-0.4, -0.2) is 66.5 Å². The molecule has 0 saturated carbocycles. The van der Waals surface area contributed by atoms with E-state index in [2.05, 4.69) is 9.62 Å². The van der Waals surface area contributed by atoms with Crippen molar-refractivity contribution < 1.29 is 18.0 Å². The van der Waals surface area contributed by atoms with Crippen LogP contribution in [0.1, 0.15) is 25.7 Å². The van der Waals surface area contributed by atoms with Gasteiger partial charge in [-0.25, -0.2) is 8.42 Å². The van der Waals surface area contributed by atoms with Gasteiger partial charge in [0.05, 0.1) is 17.5 Å². The lowest BCUT2D eigenvalue weighted by atomic mass is 9.76. The van der Waals surface area contributed by atoms with Gasteiger partial charge in [0.1, 0.15) is 6.54 Å². The third-order valence-electron chi connectivity index (χ3n) is 6.95. The maximum atomic E-state index is 13.2. The average Bonchev–Trinajstić information content (AvgIpc) is 3.11. The summed E-state index contributed by atoms with van der Waals surface area (Å²) in [5.41, 5.74) is 1.34. The summed E-state index contributed by atoms with van der Waals surface area (Å²) < 4.78 is 27.7. The first kappa shape index (κ1) is 20.4. The Bertz CT molecular complexity index is 1140. The van der Waals surface area contributed by atoms with Crippen LogP contribution in [-0.2, 0) is 26.2 Å². The summed E-state index contributed by atoms with van der Waals surface area (Å²) in [6.07, 6.45) is 6.72. The summed E-state index contributed by atoms with van der Waals surface area (Å²) in [5, 5.41) is 0.771. The van der Waals surface area contributed by atoms with Crippen molar-refractivity contribution in [1.29, 1.82) is 0 Å². The zero-order chi connectivity index (χ0) is 21.8. The molecule has 3 atom stereocenters. The van der Waals surface area contributed by atoms with Crippen LogP contribution >= 0.6 is 0 Å². The molecule has 0 spiro atoms. The minimum Gasteiger partial charge on any atom is -0.340 e. The van der Waals surface area contributed by atoms with Crippen LogP contribution in [0.2, 0.25) is 0 Å². The summed E-state index contributed by atoms with van der Waals surface area (Å²) in [6, 6.07) is 7.53. The summed E-state index contributed by atoms with van der Waals surface area (Å²) in [5.74, 6) is 1.08. The van der Waals surface area contributed by atoms with E-state index < -0.39 is 10.0 Å². The fourth-order valence-corrected chi connectivity index (χ4v) is 6.29. The molecule has 3 aliphatic rings. The molecule has 0 unspecified atom stereocenters. The second-order valence-corrected chi connectivity index (χ2v) is 11.0. The molecule has 31 heavy (non-hydrogen) atoms. The van der Waals surface area contributed by atoms with E-state index in [0.29, 0.717) is 37.0 Å². The van der Waals surface area contributed by atoms with Crippen molar-refractivity contribution in [2.45, 2.75) is 38.3 Å². The molecule has 9 heteroatoms. The van der Waals surface area contributed by atoms with E-state index in [1.165, 1.54) is 0 Å². The highest BCUT2D eigenvalue weighted by Crippen LogP contribution is 2.38. The molecular formula is C22H28N4O4S. The van der Waals surface area contributed by atoms with Gasteiger partial charge < -0.3 is 14.4 Å². The van der Waals surface area contributed by atoms with E-state index in [-0.39, 0.29) is 24.4 Å². The van der Waals surface area contributed by atoms with Gasteiger partial charge in [-0.3, -0.25) is 14.3 Å². The van der Waals surface area contributed by atoms with Crippen molar-refractivity contribution in [1.82, 2.24) is 14.4 Å². The van der Waals surface area contributed by atoms with E-state index >= 15 is 0 Å². The number of piperidine rings is 3. The highest BCUT2D eigenvalue weighted by molar-refractivity contribution is 7.92. The van der Waals surface area contributed by atoms with E-state index in [0.717, 1.165) is 43.0 Å². The Balaban J connectivity index is 1.33. The first-order chi connectivity index (χ1) is 14.8. The van der Waals surface area contributed by atoms with Crippen molar-refractivity contribution in [3.05, 3.63) is 30.5 Å². The van der Waals surface area contributed by atoms with Crippen LogP contribution in [0, 0.1) is 11.8 Å². The second kappa shape index (κ2) is 7.55. The molecule has 3 fully saturated rings. The van der Waals surface area contributed by atoms with Crippen molar-refractivity contribution in [3.8, 4) is 0 Å². The van der Waals surface area contributed by atoms with Crippen LogP contribution in [0.15, 0.2) is 30.5 Å². The van der Waals surface area contributed by atoms with E-state index in [9.17, 15) is 18.0 Å². The molecule has 2 aromatic rings. The molecule has 8 nitrogen and oxygen atoms in total.